The molecule has 1 saturated heterocycles. The third-order valence-corrected chi connectivity index (χ3v) is 4.97. The topological polar surface area (TPSA) is 64.6 Å². The number of hydrogen-bond donors (Lipinski definition) is 1. The van der Waals surface area contributed by atoms with Crippen molar-refractivity contribution in [3.05, 3.63) is 64.6 Å². The van der Waals surface area contributed by atoms with E-state index < -0.39 is 0 Å². The average Bonchev–Trinajstić information content (AvgIpc) is 2.97. The summed E-state index contributed by atoms with van der Waals surface area (Å²) in [7, 11) is 0. The molecule has 1 N–H and O–H groups in total. The molecular weight excluding hydrogens is 374 g/mol. The van der Waals surface area contributed by atoms with E-state index in [4.69, 9.17) is 9.47 Å². The van der Waals surface area contributed by atoms with Crippen molar-refractivity contribution in [2.45, 2.75) is 26.2 Å². The number of hydrogen-bond acceptors (Lipinski definition) is 5. The highest BCUT2D eigenvalue weighted by atomic mass is 32.2. The van der Waals surface area contributed by atoms with Gasteiger partial charge in [-0.25, -0.2) is 0 Å². The average molecular weight is 397 g/mol. The molecule has 0 aliphatic carbocycles. The number of thioether (sulfide) groups is 1. The monoisotopic (exact) mass is 397 g/mol. The number of ether oxygens (including phenoxy) is 2. The molecule has 2 amide bonds. The molecule has 146 valence electrons. The Bertz CT molecular complexity index is 880. The smallest absolute Gasteiger partial charge is 0.290 e. The van der Waals surface area contributed by atoms with Crippen LogP contribution in [0, 0.1) is 0 Å². The van der Waals surface area contributed by atoms with Crippen LogP contribution in [0.3, 0.4) is 0 Å². The van der Waals surface area contributed by atoms with E-state index in [9.17, 15) is 9.59 Å². The quantitative estimate of drug-likeness (QED) is 0.562. The van der Waals surface area contributed by atoms with E-state index in [2.05, 4.69) is 38.2 Å². The first kappa shape index (κ1) is 20.0. The van der Waals surface area contributed by atoms with E-state index in [0.29, 0.717) is 23.9 Å². The van der Waals surface area contributed by atoms with Gasteiger partial charge >= 0.3 is 0 Å². The molecule has 0 saturated carbocycles. The molecule has 1 fully saturated rings. The summed E-state index contributed by atoms with van der Waals surface area (Å²) in [5.74, 6) is 1.18. The van der Waals surface area contributed by atoms with Crippen LogP contribution in [0.1, 0.15) is 31.9 Å². The second-order valence-corrected chi connectivity index (χ2v) is 8.41. The highest BCUT2D eigenvalue weighted by molar-refractivity contribution is 8.18. The number of carbonyl (C=O) groups excluding carboxylic acids is 2. The van der Waals surface area contributed by atoms with Crippen molar-refractivity contribution >= 4 is 29.0 Å². The maximum atomic E-state index is 11.6. The Morgan fingerprint density at radius 2 is 1.43 bits per heavy atom. The summed E-state index contributed by atoms with van der Waals surface area (Å²) < 4.78 is 11.4. The van der Waals surface area contributed by atoms with Crippen LogP contribution in [-0.2, 0) is 10.2 Å². The molecule has 0 unspecified atom stereocenters. The molecule has 2 aromatic rings. The minimum Gasteiger partial charge on any atom is -0.490 e. The van der Waals surface area contributed by atoms with Crippen LogP contribution in [0.25, 0.3) is 6.08 Å². The third kappa shape index (κ3) is 5.39. The van der Waals surface area contributed by atoms with Gasteiger partial charge in [-0.1, -0.05) is 45.0 Å². The van der Waals surface area contributed by atoms with Crippen molar-refractivity contribution in [1.82, 2.24) is 5.32 Å². The van der Waals surface area contributed by atoms with Crippen molar-refractivity contribution in [3.8, 4) is 11.5 Å². The molecule has 2 aromatic carbocycles. The summed E-state index contributed by atoms with van der Waals surface area (Å²) >= 11 is 0.903. The van der Waals surface area contributed by atoms with Gasteiger partial charge < -0.3 is 9.47 Å². The number of benzene rings is 2. The van der Waals surface area contributed by atoms with Crippen LogP contribution in [-0.4, -0.2) is 24.4 Å². The molecule has 5 nitrogen and oxygen atoms in total. The van der Waals surface area contributed by atoms with Crippen LogP contribution >= 0.6 is 11.8 Å². The summed E-state index contributed by atoms with van der Waals surface area (Å²) in [5, 5.41) is 1.89. The van der Waals surface area contributed by atoms with E-state index in [1.165, 1.54) is 5.56 Å². The highest BCUT2D eigenvalue weighted by Crippen LogP contribution is 2.26. The number of imide groups is 1. The first-order valence-corrected chi connectivity index (χ1v) is 9.84. The fraction of sp³-hybridized carbons (Fsp3) is 0.273. The first-order chi connectivity index (χ1) is 13.3. The standard InChI is InChI=1S/C22H23NO4S/c1-22(2,3)16-6-10-18(11-7-16)27-13-12-26-17-8-4-15(5-9-17)14-19-20(24)23-21(25)28-19/h4-11,14H,12-13H2,1-3H3,(H,23,24,25)/b19-14+. The molecule has 6 heteroatoms. The van der Waals surface area contributed by atoms with Gasteiger partial charge in [-0.15, -0.1) is 0 Å². The Hall–Kier alpha value is -2.73. The normalized spacial score (nSPS) is 15.6. The molecule has 3 rings (SSSR count). The Morgan fingerprint density at radius 3 is 1.89 bits per heavy atom. The zero-order chi connectivity index (χ0) is 20.1. The van der Waals surface area contributed by atoms with Crippen molar-refractivity contribution in [3.63, 3.8) is 0 Å². The summed E-state index contributed by atoms with van der Waals surface area (Å²) in [6.45, 7) is 7.41. The van der Waals surface area contributed by atoms with Crippen molar-refractivity contribution < 1.29 is 19.1 Å². The van der Waals surface area contributed by atoms with Gasteiger partial charge in [-0.3, -0.25) is 14.9 Å². The van der Waals surface area contributed by atoms with Gasteiger partial charge in [-0.05, 0) is 58.6 Å². The van der Waals surface area contributed by atoms with Crippen LogP contribution in [0.2, 0.25) is 0 Å². The number of amides is 2. The highest BCUT2D eigenvalue weighted by Gasteiger charge is 2.24. The minimum atomic E-state index is -0.358. The van der Waals surface area contributed by atoms with Gasteiger partial charge in [0.1, 0.15) is 24.7 Å². The van der Waals surface area contributed by atoms with Gasteiger partial charge in [0.25, 0.3) is 11.1 Å². The van der Waals surface area contributed by atoms with Gasteiger partial charge in [0.15, 0.2) is 0 Å². The third-order valence-electron chi connectivity index (χ3n) is 4.16. The Kier molecular flexibility index (Phi) is 6.09. The lowest BCUT2D eigenvalue weighted by Crippen LogP contribution is -2.17. The molecule has 0 bridgehead atoms. The summed E-state index contributed by atoms with van der Waals surface area (Å²) in [6, 6.07) is 15.4. The van der Waals surface area contributed by atoms with Crippen LogP contribution in [0.5, 0.6) is 11.5 Å². The number of carbonyl (C=O) groups is 2. The first-order valence-electron chi connectivity index (χ1n) is 9.02. The minimum absolute atomic E-state index is 0.125. The van der Waals surface area contributed by atoms with E-state index >= 15 is 0 Å². The number of rotatable bonds is 6. The second kappa shape index (κ2) is 8.52. The fourth-order valence-corrected chi connectivity index (χ4v) is 3.29. The zero-order valence-electron chi connectivity index (χ0n) is 16.2. The summed E-state index contributed by atoms with van der Waals surface area (Å²) in [4.78, 5) is 23.1. The lowest BCUT2D eigenvalue weighted by Gasteiger charge is -2.19. The Balaban J connectivity index is 1.46. The molecule has 0 aromatic heterocycles. The lowest BCUT2D eigenvalue weighted by molar-refractivity contribution is -0.115. The van der Waals surface area contributed by atoms with Gasteiger partial charge in [0.05, 0.1) is 4.91 Å². The largest absolute Gasteiger partial charge is 0.490 e. The van der Waals surface area contributed by atoms with Gasteiger partial charge in [0.2, 0.25) is 0 Å². The van der Waals surface area contributed by atoms with E-state index in [-0.39, 0.29) is 16.6 Å². The molecule has 0 atom stereocenters. The summed E-state index contributed by atoms with van der Waals surface area (Å²) in [6.07, 6.45) is 1.68. The van der Waals surface area contributed by atoms with E-state index in [1.807, 2.05) is 36.4 Å². The van der Waals surface area contributed by atoms with Crippen LogP contribution < -0.4 is 14.8 Å². The Labute approximate surface area is 169 Å². The van der Waals surface area contributed by atoms with E-state index in [1.54, 1.807) is 6.08 Å². The molecule has 0 radical (unpaired) electrons. The Morgan fingerprint density at radius 1 is 0.893 bits per heavy atom. The predicted octanol–water partition coefficient (Wildman–Crippen LogP) is 4.77. The van der Waals surface area contributed by atoms with Gasteiger partial charge in [-0.2, -0.15) is 0 Å². The van der Waals surface area contributed by atoms with Crippen molar-refractivity contribution in [2.75, 3.05) is 13.2 Å². The zero-order valence-corrected chi connectivity index (χ0v) is 17.0. The van der Waals surface area contributed by atoms with Crippen LogP contribution in [0.15, 0.2) is 53.4 Å². The fourth-order valence-electron chi connectivity index (χ4n) is 2.60. The molecule has 0 spiro atoms. The maximum Gasteiger partial charge on any atom is 0.290 e. The molecule has 1 aliphatic heterocycles. The van der Waals surface area contributed by atoms with Crippen molar-refractivity contribution in [2.24, 2.45) is 0 Å². The number of nitrogens with one attached hydrogen (secondary N) is 1. The van der Waals surface area contributed by atoms with Crippen molar-refractivity contribution in [1.29, 1.82) is 0 Å². The molecule has 1 heterocycles. The SMILES string of the molecule is CC(C)(C)c1ccc(OCCOc2ccc(/C=C3/SC(=O)NC3=O)cc2)cc1. The second-order valence-electron chi connectivity index (χ2n) is 7.39. The maximum absolute atomic E-state index is 11.6. The van der Waals surface area contributed by atoms with Gasteiger partial charge in [0, 0.05) is 0 Å². The lowest BCUT2D eigenvalue weighted by atomic mass is 9.87. The summed E-state index contributed by atoms with van der Waals surface area (Å²) in [5.41, 5.74) is 2.22. The molecule has 28 heavy (non-hydrogen) atoms. The van der Waals surface area contributed by atoms with Crippen LogP contribution in [0.4, 0.5) is 4.79 Å². The molecular formula is C22H23NO4S. The predicted molar refractivity (Wildman–Crippen MR) is 112 cm³/mol. The molecule has 1 aliphatic rings. The van der Waals surface area contributed by atoms with E-state index in [0.717, 1.165) is 23.1 Å².